The van der Waals surface area contributed by atoms with Crippen molar-refractivity contribution in [2.45, 2.75) is 57.0 Å². The van der Waals surface area contributed by atoms with E-state index in [1.807, 2.05) is 0 Å². The fraction of sp³-hybridized carbons (Fsp3) is 0.929. The molecule has 0 spiro atoms. The number of alkyl halides is 3. The maximum absolute atomic E-state index is 13.2. The molecule has 2 aliphatic rings. The molecule has 1 heterocycles. The lowest BCUT2D eigenvalue weighted by Gasteiger charge is -2.37. The molecule has 2 rings (SSSR count). The molecule has 0 aromatic heterocycles. The number of halogens is 3. The number of aliphatic hydroxyl groups excluding tert-OH is 1. The Morgan fingerprint density at radius 1 is 1.36 bits per heavy atom. The van der Waals surface area contributed by atoms with Gasteiger partial charge in [-0.1, -0.05) is 12.8 Å². The van der Waals surface area contributed by atoms with Gasteiger partial charge in [0, 0.05) is 6.54 Å². The quantitative estimate of drug-likeness (QED) is 0.833. The number of carbonyl (C=O) groups is 1. The van der Waals surface area contributed by atoms with Gasteiger partial charge in [0.25, 0.3) is 0 Å². The Morgan fingerprint density at radius 2 is 2.00 bits per heavy atom. The van der Waals surface area contributed by atoms with E-state index in [4.69, 9.17) is 9.84 Å². The molecule has 2 amide bonds. The highest BCUT2D eigenvalue weighted by molar-refractivity contribution is 5.74. The predicted octanol–water partition coefficient (Wildman–Crippen LogP) is 1.90. The first-order valence-electron chi connectivity index (χ1n) is 7.69. The third kappa shape index (κ3) is 4.25. The van der Waals surface area contributed by atoms with Crippen molar-refractivity contribution in [3.05, 3.63) is 0 Å². The van der Waals surface area contributed by atoms with E-state index >= 15 is 0 Å². The molecule has 2 N–H and O–H groups in total. The second kappa shape index (κ2) is 7.04. The molecule has 1 saturated heterocycles. The Kier molecular flexibility index (Phi) is 5.55. The van der Waals surface area contributed by atoms with Crippen molar-refractivity contribution >= 4 is 6.03 Å². The molecule has 1 aliphatic carbocycles. The number of aliphatic hydroxyl groups is 1. The number of nitrogens with one attached hydrogen (secondary N) is 1. The standard InChI is InChI=1S/C14H23F3N2O3/c1-9-6-19(7-11(8-20)22-9)13(21)18-12(14(15,16)17)10-4-2-3-5-10/h9-12,20H,2-8H2,1H3,(H,18,21). The molecular formula is C14H23F3N2O3. The van der Waals surface area contributed by atoms with E-state index in [2.05, 4.69) is 5.32 Å². The number of urea groups is 1. The minimum Gasteiger partial charge on any atom is -0.394 e. The number of amides is 2. The van der Waals surface area contributed by atoms with Crippen LogP contribution in [0.4, 0.5) is 18.0 Å². The molecule has 3 atom stereocenters. The molecule has 22 heavy (non-hydrogen) atoms. The van der Waals surface area contributed by atoms with Crippen LogP contribution in [0.1, 0.15) is 32.6 Å². The molecule has 3 unspecified atom stereocenters. The van der Waals surface area contributed by atoms with Crippen LogP contribution in [0.15, 0.2) is 0 Å². The van der Waals surface area contributed by atoms with Gasteiger partial charge in [-0.15, -0.1) is 0 Å². The zero-order valence-electron chi connectivity index (χ0n) is 12.6. The second-order valence-electron chi connectivity index (χ2n) is 6.17. The van der Waals surface area contributed by atoms with Crippen LogP contribution in [-0.2, 0) is 4.74 Å². The zero-order valence-corrected chi connectivity index (χ0v) is 12.6. The summed E-state index contributed by atoms with van der Waals surface area (Å²) in [6.45, 7) is 1.78. The van der Waals surface area contributed by atoms with Crippen LogP contribution in [0, 0.1) is 5.92 Å². The molecule has 1 aliphatic heterocycles. The number of hydrogen-bond acceptors (Lipinski definition) is 3. The Hall–Kier alpha value is -1.02. The predicted molar refractivity (Wildman–Crippen MR) is 73.3 cm³/mol. The average molecular weight is 324 g/mol. The third-order valence-electron chi connectivity index (χ3n) is 4.32. The number of rotatable bonds is 3. The van der Waals surface area contributed by atoms with Crippen molar-refractivity contribution < 1.29 is 27.8 Å². The number of hydrogen-bond donors (Lipinski definition) is 2. The van der Waals surface area contributed by atoms with Crippen LogP contribution in [0.5, 0.6) is 0 Å². The normalized spacial score (nSPS) is 28.7. The smallest absolute Gasteiger partial charge is 0.394 e. The van der Waals surface area contributed by atoms with E-state index in [-0.39, 0.29) is 25.8 Å². The topological polar surface area (TPSA) is 61.8 Å². The minimum absolute atomic E-state index is 0.0991. The van der Waals surface area contributed by atoms with Gasteiger partial charge in [-0.3, -0.25) is 0 Å². The Labute approximate surface area is 127 Å². The Balaban J connectivity index is 2.01. The highest BCUT2D eigenvalue weighted by atomic mass is 19.4. The lowest BCUT2D eigenvalue weighted by Crippen LogP contribution is -2.58. The zero-order chi connectivity index (χ0) is 16.3. The molecule has 0 bridgehead atoms. The highest BCUT2D eigenvalue weighted by Crippen LogP contribution is 2.35. The first kappa shape index (κ1) is 17.3. The maximum atomic E-state index is 13.2. The van der Waals surface area contributed by atoms with Crippen molar-refractivity contribution in [3.63, 3.8) is 0 Å². The van der Waals surface area contributed by atoms with Gasteiger partial charge in [0.05, 0.1) is 25.4 Å². The first-order chi connectivity index (χ1) is 10.3. The largest absolute Gasteiger partial charge is 0.408 e. The van der Waals surface area contributed by atoms with Crippen molar-refractivity contribution in [1.82, 2.24) is 10.2 Å². The van der Waals surface area contributed by atoms with Crippen LogP contribution in [0.2, 0.25) is 0 Å². The fourth-order valence-electron chi connectivity index (χ4n) is 3.29. The van der Waals surface area contributed by atoms with E-state index in [0.717, 1.165) is 12.8 Å². The van der Waals surface area contributed by atoms with E-state index in [1.165, 1.54) is 4.90 Å². The van der Waals surface area contributed by atoms with Gasteiger partial charge in [0.1, 0.15) is 6.04 Å². The Morgan fingerprint density at radius 3 is 2.55 bits per heavy atom. The van der Waals surface area contributed by atoms with Crippen LogP contribution < -0.4 is 5.32 Å². The lowest BCUT2D eigenvalue weighted by molar-refractivity contribution is -0.165. The van der Waals surface area contributed by atoms with E-state index < -0.39 is 30.3 Å². The van der Waals surface area contributed by atoms with Crippen molar-refractivity contribution in [1.29, 1.82) is 0 Å². The Bertz CT molecular complexity index is 386. The molecule has 128 valence electrons. The number of nitrogens with zero attached hydrogens (tertiary/aromatic N) is 1. The molecule has 1 saturated carbocycles. The average Bonchev–Trinajstić information content (AvgIpc) is 2.96. The van der Waals surface area contributed by atoms with Crippen LogP contribution in [-0.4, -0.2) is 60.2 Å². The molecule has 0 aromatic carbocycles. The summed E-state index contributed by atoms with van der Waals surface area (Å²) in [5.74, 6) is -0.545. The van der Waals surface area contributed by atoms with Crippen molar-refractivity contribution in [2.24, 2.45) is 5.92 Å². The number of morpholine rings is 1. The third-order valence-corrected chi connectivity index (χ3v) is 4.32. The molecular weight excluding hydrogens is 301 g/mol. The summed E-state index contributed by atoms with van der Waals surface area (Å²) in [5, 5.41) is 11.3. The summed E-state index contributed by atoms with van der Waals surface area (Å²) in [4.78, 5) is 13.5. The van der Waals surface area contributed by atoms with Crippen LogP contribution in [0.25, 0.3) is 0 Å². The summed E-state index contributed by atoms with van der Waals surface area (Å²) in [7, 11) is 0. The number of ether oxygens (including phenoxy) is 1. The van der Waals surface area contributed by atoms with Crippen LogP contribution in [0.3, 0.4) is 0 Å². The van der Waals surface area contributed by atoms with Gasteiger partial charge in [-0.25, -0.2) is 4.79 Å². The monoisotopic (exact) mass is 324 g/mol. The lowest BCUT2D eigenvalue weighted by atomic mass is 9.98. The summed E-state index contributed by atoms with van der Waals surface area (Å²) >= 11 is 0. The van der Waals surface area contributed by atoms with Crippen LogP contribution >= 0.6 is 0 Å². The molecule has 2 fully saturated rings. The molecule has 5 nitrogen and oxygen atoms in total. The van der Waals surface area contributed by atoms with Gasteiger partial charge in [-0.2, -0.15) is 13.2 Å². The van der Waals surface area contributed by atoms with E-state index in [9.17, 15) is 18.0 Å². The fourth-order valence-corrected chi connectivity index (χ4v) is 3.29. The maximum Gasteiger partial charge on any atom is 0.408 e. The SMILES string of the molecule is CC1CN(C(=O)NC(C2CCCC2)C(F)(F)F)CC(CO)O1. The summed E-state index contributed by atoms with van der Waals surface area (Å²) in [5.41, 5.74) is 0. The summed E-state index contributed by atoms with van der Waals surface area (Å²) in [6, 6.07) is -2.53. The molecule has 8 heteroatoms. The van der Waals surface area contributed by atoms with Gasteiger partial charge in [0.15, 0.2) is 0 Å². The van der Waals surface area contributed by atoms with Gasteiger partial charge >= 0.3 is 12.2 Å². The van der Waals surface area contributed by atoms with Gasteiger partial charge in [0.2, 0.25) is 0 Å². The van der Waals surface area contributed by atoms with Crippen molar-refractivity contribution in [3.8, 4) is 0 Å². The first-order valence-corrected chi connectivity index (χ1v) is 7.69. The number of carbonyl (C=O) groups excluding carboxylic acids is 1. The highest BCUT2D eigenvalue weighted by Gasteiger charge is 2.47. The van der Waals surface area contributed by atoms with E-state index in [1.54, 1.807) is 6.92 Å². The summed E-state index contributed by atoms with van der Waals surface area (Å²) < 4.78 is 45.1. The van der Waals surface area contributed by atoms with E-state index in [0.29, 0.717) is 12.8 Å². The van der Waals surface area contributed by atoms with Crippen molar-refractivity contribution in [2.75, 3.05) is 19.7 Å². The molecule has 0 aromatic rings. The van der Waals surface area contributed by atoms with Gasteiger partial charge < -0.3 is 20.1 Å². The minimum atomic E-state index is -4.45. The molecule has 0 radical (unpaired) electrons. The van der Waals surface area contributed by atoms with Gasteiger partial charge in [-0.05, 0) is 25.7 Å². The second-order valence-corrected chi connectivity index (χ2v) is 6.17. The summed E-state index contributed by atoms with van der Waals surface area (Å²) in [6.07, 6.45) is -2.79.